The third-order valence-electron chi connectivity index (χ3n) is 2.33. The molecule has 0 saturated heterocycles. The Morgan fingerprint density at radius 1 is 1.24 bits per heavy atom. The number of amides is 3. The largest absolute Gasteiger partial charge is 0.413 e. The second-order valence-corrected chi connectivity index (χ2v) is 5.40. The number of nitrogens with one attached hydrogen (secondary N) is 2. The molecule has 0 heterocycles. The van der Waals surface area contributed by atoms with Gasteiger partial charge < -0.3 is 15.4 Å². The minimum Gasteiger partial charge on any atom is -0.410 e. The summed E-state index contributed by atoms with van der Waals surface area (Å²) in [5, 5.41) is 6.32. The number of hydroxylamine groups is 2. The van der Waals surface area contributed by atoms with Crippen LogP contribution in [0.5, 0.6) is 5.75 Å². The number of hydrogen-bond acceptors (Lipinski definition) is 4. The van der Waals surface area contributed by atoms with Crippen LogP contribution in [-0.4, -0.2) is 36.9 Å². The molecule has 1 aromatic carbocycles. The van der Waals surface area contributed by atoms with E-state index in [1.165, 1.54) is 14.2 Å². The number of rotatable bonds is 3. The Kier molecular flexibility index (Phi) is 5.54. The van der Waals surface area contributed by atoms with Crippen LogP contribution in [-0.2, 0) is 4.84 Å². The van der Waals surface area contributed by atoms with Crippen molar-refractivity contribution >= 4 is 17.8 Å². The lowest BCUT2D eigenvalue weighted by Crippen LogP contribution is -2.42. The molecule has 3 amide bonds. The van der Waals surface area contributed by atoms with Crippen molar-refractivity contribution in [2.45, 2.75) is 26.3 Å². The van der Waals surface area contributed by atoms with E-state index in [1.54, 1.807) is 24.3 Å². The maximum absolute atomic E-state index is 11.7. The fourth-order valence-corrected chi connectivity index (χ4v) is 1.36. The molecule has 116 valence electrons. The zero-order chi connectivity index (χ0) is 16.0. The van der Waals surface area contributed by atoms with E-state index in [0.29, 0.717) is 11.4 Å². The van der Waals surface area contributed by atoms with Gasteiger partial charge in [-0.05, 0) is 32.9 Å². The zero-order valence-electron chi connectivity index (χ0n) is 12.9. The molecule has 1 aromatic rings. The van der Waals surface area contributed by atoms with Gasteiger partial charge in [-0.3, -0.25) is 4.84 Å². The average molecular weight is 295 g/mol. The van der Waals surface area contributed by atoms with Crippen molar-refractivity contribution in [3.63, 3.8) is 0 Å². The van der Waals surface area contributed by atoms with Crippen molar-refractivity contribution in [2.24, 2.45) is 0 Å². The van der Waals surface area contributed by atoms with Gasteiger partial charge >= 0.3 is 12.1 Å². The number of urea groups is 1. The van der Waals surface area contributed by atoms with Crippen LogP contribution in [0.1, 0.15) is 20.8 Å². The van der Waals surface area contributed by atoms with Gasteiger partial charge in [-0.25, -0.2) is 14.7 Å². The Morgan fingerprint density at radius 2 is 1.90 bits per heavy atom. The predicted octanol–water partition coefficient (Wildman–Crippen LogP) is 2.60. The van der Waals surface area contributed by atoms with Gasteiger partial charge in [-0.1, -0.05) is 6.07 Å². The number of carbonyl (C=O) groups excluding carboxylic acids is 2. The highest BCUT2D eigenvalue weighted by molar-refractivity contribution is 5.88. The van der Waals surface area contributed by atoms with Crippen molar-refractivity contribution in [3.05, 3.63) is 24.3 Å². The summed E-state index contributed by atoms with van der Waals surface area (Å²) in [6.07, 6.45) is -0.556. The second kappa shape index (κ2) is 6.94. The van der Waals surface area contributed by atoms with Gasteiger partial charge in [0.2, 0.25) is 0 Å². The molecule has 0 aliphatic heterocycles. The van der Waals surface area contributed by atoms with E-state index in [4.69, 9.17) is 9.57 Å². The molecular weight excluding hydrogens is 274 g/mol. The van der Waals surface area contributed by atoms with Crippen molar-refractivity contribution in [1.82, 2.24) is 10.4 Å². The van der Waals surface area contributed by atoms with Crippen molar-refractivity contribution in [2.75, 3.05) is 19.5 Å². The molecule has 0 radical (unpaired) electrons. The third kappa shape index (κ3) is 6.13. The molecule has 0 unspecified atom stereocenters. The minimum absolute atomic E-state index is 0.328. The molecule has 0 aliphatic carbocycles. The van der Waals surface area contributed by atoms with Gasteiger partial charge in [-0.15, -0.1) is 0 Å². The van der Waals surface area contributed by atoms with Crippen LogP contribution in [0, 0.1) is 0 Å². The highest BCUT2D eigenvalue weighted by atomic mass is 16.7. The summed E-state index contributed by atoms with van der Waals surface area (Å²) in [5.74, 6) is 0.328. The van der Waals surface area contributed by atoms with Crippen LogP contribution in [0.25, 0.3) is 0 Å². The number of anilines is 1. The number of nitrogens with zero attached hydrogens (tertiary/aromatic N) is 1. The third-order valence-corrected chi connectivity index (χ3v) is 2.33. The molecule has 7 nitrogen and oxygen atoms in total. The quantitative estimate of drug-likeness (QED) is 0.840. The molecule has 0 fully saturated rings. The van der Waals surface area contributed by atoms with Crippen molar-refractivity contribution in [3.8, 4) is 5.75 Å². The Hall–Kier alpha value is -2.28. The highest BCUT2D eigenvalue weighted by Crippen LogP contribution is 2.18. The summed E-state index contributed by atoms with van der Waals surface area (Å²) in [6.45, 7) is 5.56. The molecule has 0 bridgehead atoms. The molecule has 0 aliphatic rings. The molecule has 0 spiro atoms. The van der Waals surface area contributed by atoms with E-state index in [0.717, 1.165) is 5.06 Å². The van der Waals surface area contributed by atoms with Gasteiger partial charge in [0.15, 0.2) is 0 Å². The summed E-state index contributed by atoms with van der Waals surface area (Å²) in [6, 6.07) is 6.08. The summed E-state index contributed by atoms with van der Waals surface area (Å²) in [7, 11) is 2.86. The van der Waals surface area contributed by atoms with E-state index in [-0.39, 0.29) is 5.54 Å². The maximum atomic E-state index is 11.7. The van der Waals surface area contributed by atoms with Crippen LogP contribution in [0.2, 0.25) is 0 Å². The van der Waals surface area contributed by atoms with E-state index in [9.17, 15) is 9.59 Å². The number of carbonyl (C=O) groups is 2. The fourth-order valence-electron chi connectivity index (χ4n) is 1.36. The lowest BCUT2D eigenvalue weighted by molar-refractivity contribution is -0.0598. The smallest absolute Gasteiger partial charge is 0.410 e. The Bertz CT molecular complexity index is 511. The highest BCUT2D eigenvalue weighted by Gasteiger charge is 2.15. The maximum Gasteiger partial charge on any atom is 0.413 e. The summed E-state index contributed by atoms with van der Waals surface area (Å²) in [4.78, 5) is 28.1. The standard InChI is InChI=1S/C14H21N3O4/c1-14(2,3)16-13(19)21-11-8-6-7-10(9-11)15-12(18)17(4)20-5/h6-9H,1-5H3,(H,15,18)(H,16,19). The Labute approximate surface area is 124 Å². The number of hydrogen-bond donors (Lipinski definition) is 2. The van der Waals surface area contributed by atoms with E-state index >= 15 is 0 Å². The van der Waals surface area contributed by atoms with Crippen LogP contribution < -0.4 is 15.4 Å². The molecular formula is C14H21N3O4. The Balaban J connectivity index is 2.68. The lowest BCUT2D eigenvalue weighted by Gasteiger charge is -2.20. The minimum atomic E-state index is -0.556. The SMILES string of the molecule is CON(C)C(=O)Nc1cccc(OC(=O)NC(C)(C)C)c1. The van der Waals surface area contributed by atoms with Gasteiger partial charge in [-0.2, -0.15) is 0 Å². The van der Waals surface area contributed by atoms with Crippen molar-refractivity contribution in [1.29, 1.82) is 0 Å². The zero-order valence-corrected chi connectivity index (χ0v) is 12.9. The topological polar surface area (TPSA) is 79.9 Å². The monoisotopic (exact) mass is 295 g/mol. The van der Waals surface area contributed by atoms with Gasteiger partial charge in [0, 0.05) is 24.3 Å². The summed E-state index contributed by atoms with van der Waals surface area (Å²) < 4.78 is 5.15. The molecule has 0 atom stereocenters. The van der Waals surface area contributed by atoms with Crippen LogP contribution in [0.4, 0.5) is 15.3 Å². The predicted molar refractivity (Wildman–Crippen MR) is 79.1 cm³/mol. The van der Waals surface area contributed by atoms with Crippen LogP contribution in [0.15, 0.2) is 24.3 Å². The van der Waals surface area contributed by atoms with E-state index in [2.05, 4.69) is 10.6 Å². The molecule has 0 saturated carbocycles. The second-order valence-electron chi connectivity index (χ2n) is 5.40. The fraction of sp³-hybridized carbons (Fsp3) is 0.429. The first-order valence-electron chi connectivity index (χ1n) is 6.40. The van der Waals surface area contributed by atoms with Gasteiger partial charge in [0.05, 0.1) is 7.11 Å². The first kappa shape index (κ1) is 16.8. The van der Waals surface area contributed by atoms with E-state index < -0.39 is 12.1 Å². The molecule has 2 N–H and O–H groups in total. The van der Waals surface area contributed by atoms with Gasteiger partial charge in [0.1, 0.15) is 5.75 Å². The summed E-state index contributed by atoms with van der Waals surface area (Å²) >= 11 is 0. The first-order valence-corrected chi connectivity index (χ1v) is 6.40. The molecule has 0 aromatic heterocycles. The molecule has 7 heteroatoms. The average Bonchev–Trinajstić information content (AvgIpc) is 2.35. The van der Waals surface area contributed by atoms with Crippen molar-refractivity contribution < 1.29 is 19.2 Å². The lowest BCUT2D eigenvalue weighted by atomic mass is 10.1. The van der Waals surface area contributed by atoms with Crippen LogP contribution in [0.3, 0.4) is 0 Å². The first-order chi connectivity index (χ1) is 9.71. The van der Waals surface area contributed by atoms with Gasteiger partial charge in [0.25, 0.3) is 0 Å². The molecule has 21 heavy (non-hydrogen) atoms. The van der Waals surface area contributed by atoms with E-state index in [1.807, 2.05) is 20.8 Å². The summed E-state index contributed by atoms with van der Waals surface area (Å²) in [5.41, 5.74) is 0.106. The van der Waals surface area contributed by atoms with Crippen LogP contribution >= 0.6 is 0 Å². The number of ether oxygens (including phenoxy) is 1. The molecule has 1 rings (SSSR count). The Morgan fingerprint density at radius 3 is 2.48 bits per heavy atom. The normalized spacial score (nSPS) is 10.7. The number of benzene rings is 1.